The Morgan fingerprint density at radius 2 is 0.788 bits per heavy atom. The smallest absolute Gasteiger partial charge is 0.0979 e. The van der Waals surface area contributed by atoms with Crippen LogP contribution in [0.5, 0.6) is 0 Å². The summed E-state index contributed by atoms with van der Waals surface area (Å²) in [7, 11) is 0. The molecule has 10 aromatic rings. The third kappa shape index (κ3) is 4.58. The Labute approximate surface area is 301 Å². The van der Waals surface area contributed by atoms with Gasteiger partial charge in [-0.25, -0.2) is 9.97 Å². The first-order valence-corrected chi connectivity index (χ1v) is 18.1. The van der Waals surface area contributed by atoms with Crippen LogP contribution in [0, 0.1) is 0 Å². The van der Waals surface area contributed by atoms with E-state index in [-0.39, 0.29) is 0 Å². The second-order valence-corrected chi connectivity index (χ2v) is 14.1. The average molecular weight is 661 g/mol. The molecule has 2 nitrogen and oxygen atoms in total. The first-order chi connectivity index (χ1) is 25.7. The average Bonchev–Trinajstić information content (AvgIpc) is 3.22. The predicted octanol–water partition coefficient (Wildman–Crippen LogP) is 13.0. The van der Waals surface area contributed by atoms with Crippen LogP contribution in [-0.2, 0) is 12.8 Å². The number of fused-ring (bicyclic) bond motifs is 11. The number of hydrogen-bond donors (Lipinski definition) is 0. The van der Waals surface area contributed by atoms with E-state index in [9.17, 15) is 0 Å². The number of rotatable bonds is 3. The molecule has 1 aliphatic rings. The highest BCUT2D eigenvalue weighted by Crippen LogP contribution is 2.42. The van der Waals surface area contributed by atoms with Gasteiger partial charge in [0.15, 0.2) is 0 Å². The van der Waals surface area contributed by atoms with Gasteiger partial charge in [0.05, 0.1) is 22.1 Å². The monoisotopic (exact) mass is 660 g/mol. The van der Waals surface area contributed by atoms with E-state index >= 15 is 0 Å². The first-order valence-electron chi connectivity index (χ1n) is 18.1. The van der Waals surface area contributed by atoms with Gasteiger partial charge < -0.3 is 0 Å². The number of nitrogens with zero attached hydrogens (tertiary/aromatic N) is 2. The highest BCUT2D eigenvalue weighted by Gasteiger charge is 2.20. The quantitative estimate of drug-likeness (QED) is 0.139. The van der Waals surface area contributed by atoms with Crippen LogP contribution in [0.25, 0.3) is 98.9 Å². The minimum absolute atomic E-state index is 0.918. The van der Waals surface area contributed by atoms with Gasteiger partial charge in [-0.3, -0.25) is 0 Å². The lowest BCUT2D eigenvalue weighted by molar-refractivity contribution is 0.943. The number of benzene rings is 9. The fourth-order valence-corrected chi connectivity index (χ4v) is 8.54. The van der Waals surface area contributed by atoms with Gasteiger partial charge in [-0.15, -0.1) is 0 Å². The summed E-state index contributed by atoms with van der Waals surface area (Å²) >= 11 is 0. The first kappa shape index (κ1) is 29.1. The largest absolute Gasteiger partial charge is 0.244 e. The van der Waals surface area contributed by atoms with Crippen molar-refractivity contribution in [2.75, 3.05) is 0 Å². The minimum Gasteiger partial charge on any atom is -0.244 e. The molecule has 0 saturated carbocycles. The molecule has 9 aromatic carbocycles. The van der Waals surface area contributed by atoms with E-state index in [1.54, 1.807) is 0 Å². The second-order valence-electron chi connectivity index (χ2n) is 14.1. The maximum Gasteiger partial charge on any atom is 0.0979 e. The zero-order valence-corrected chi connectivity index (χ0v) is 28.5. The molecule has 1 aromatic heterocycles. The van der Waals surface area contributed by atoms with Gasteiger partial charge >= 0.3 is 0 Å². The summed E-state index contributed by atoms with van der Waals surface area (Å²) in [4.78, 5) is 10.5. The molecule has 11 rings (SSSR count). The molecule has 1 aliphatic carbocycles. The lowest BCUT2D eigenvalue weighted by Crippen LogP contribution is -2.04. The maximum atomic E-state index is 5.27. The van der Waals surface area contributed by atoms with Crippen molar-refractivity contribution in [1.82, 2.24) is 9.97 Å². The van der Waals surface area contributed by atoms with E-state index in [1.165, 1.54) is 77.2 Å². The molecule has 0 spiro atoms. The van der Waals surface area contributed by atoms with E-state index < -0.39 is 0 Å². The van der Waals surface area contributed by atoms with Crippen molar-refractivity contribution in [3.05, 3.63) is 181 Å². The molecular weight excluding hydrogens is 629 g/mol. The molecule has 52 heavy (non-hydrogen) atoms. The zero-order valence-electron chi connectivity index (χ0n) is 28.5. The molecule has 242 valence electrons. The molecule has 1 heterocycles. The maximum absolute atomic E-state index is 5.27. The third-order valence-electron chi connectivity index (χ3n) is 11.1. The molecule has 0 bridgehead atoms. The normalized spacial score (nSPS) is 12.5. The molecule has 0 amide bonds. The van der Waals surface area contributed by atoms with Gasteiger partial charge in [-0.1, -0.05) is 146 Å². The lowest BCUT2D eigenvalue weighted by atomic mass is 9.82. The summed E-state index contributed by atoms with van der Waals surface area (Å²) in [6.45, 7) is 0. The van der Waals surface area contributed by atoms with Crippen molar-refractivity contribution in [2.24, 2.45) is 0 Å². The molecule has 0 unspecified atom stereocenters. The van der Waals surface area contributed by atoms with Crippen LogP contribution in [0.15, 0.2) is 170 Å². The van der Waals surface area contributed by atoms with E-state index in [0.29, 0.717) is 0 Å². The van der Waals surface area contributed by atoms with Crippen molar-refractivity contribution in [3.63, 3.8) is 0 Å². The van der Waals surface area contributed by atoms with Gasteiger partial charge in [0.1, 0.15) is 0 Å². The van der Waals surface area contributed by atoms with Crippen LogP contribution in [0.1, 0.15) is 11.1 Å². The summed E-state index contributed by atoms with van der Waals surface area (Å²) in [6.07, 6.45) is 2.03. The molecule has 0 N–H and O–H groups in total. The van der Waals surface area contributed by atoms with Gasteiger partial charge in [-0.2, -0.15) is 0 Å². The van der Waals surface area contributed by atoms with Gasteiger partial charge in [0, 0.05) is 10.8 Å². The van der Waals surface area contributed by atoms with Crippen LogP contribution in [0.3, 0.4) is 0 Å². The van der Waals surface area contributed by atoms with Crippen molar-refractivity contribution in [3.8, 4) is 44.5 Å². The zero-order chi connectivity index (χ0) is 34.2. The number of aryl methyl sites for hydroxylation is 2. The Morgan fingerprint density at radius 1 is 0.308 bits per heavy atom. The van der Waals surface area contributed by atoms with Crippen LogP contribution in [-0.4, -0.2) is 9.97 Å². The summed E-state index contributed by atoms with van der Waals surface area (Å²) in [6, 6.07) is 61.9. The summed E-state index contributed by atoms with van der Waals surface area (Å²) in [5.41, 5.74) is 16.7. The van der Waals surface area contributed by atoms with Crippen LogP contribution < -0.4 is 0 Å². The summed E-state index contributed by atoms with van der Waals surface area (Å²) in [5, 5.41) is 7.25. The minimum atomic E-state index is 0.918. The van der Waals surface area contributed by atoms with E-state index in [4.69, 9.17) is 9.97 Å². The molecule has 0 aliphatic heterocycles. The van der Waals surface area contributed by atoms with E-state index in [2.05, 4.69) is 170 Å². The van der Waals surface area contributed by atoms with E-state index in [1.807, 2.05) is 0 Å². The fraction of sp³-hybridized carbons (Fsp3) is 0.0400. The summed E-state index contributed by atoms with van der Waals surface area (Å²) in [5.74, 6) is 0. The standard InChI is InChI=1S/C50H32N2/c1-2-10-31(11-3-1)45-28-32-12-4-5-13-33(32)29-46(45)38-21-24-40-37(27-38)19-18-36-26-34(20-23-39(36)40)35-22-25-47-48(30-35)52-50-44-17-9-7-15-42(44)41-14-6-8-16-43(41)49(50)51-47/h1-17,20-30H,18-19H2. The van der Waals surface area contributed by atoms with E-state index in [0.717, 1.165) is 45.7 Å². The molecule has 0 atom stereocenters. The molecule has 0 radical (unpaired) electrons. The highest BCUT2D eigenvalue weighted by atomic mass is 14.8. The van der Waals surface area contributed by atoms with Crippen molar-refractivity contribution in [2.45, 2.75) is 12.8 Å². The fourth-order valence-electron chi connectivity index (χ4n) is 8.54. The highest BCUT2D eigenvalue weighted by molar-refractivity contribution is 6.23. The molecule has 0 saturated heterocycles. The Kier molecular flexibility index (Phi) is 6.41. The lowest BCUT2D eigenvalue weighted by Gasteiger charge is -2.22. The van der Waals surface area contributed by atoms with Crippen LogP contribution >= 0.6 is 0 Å². The Bertz CT molecular complexity index is 3070. The predicted molar refractivity (Wildman–Crippen MR) is 219 cm³/mol. The van der Waals surface area contributed by atoms with Gasteiger partial charge in [-0.05, 0) is 114 Å². The SMILES string of the molecule is c1ccc(-c2cc3ccccc3cc2-c2ccc3c(c2)CCc2cc(-c4ccc5nc6c7ccccc7c7ccccc7c6nc5c4)ccc2-3)cc1. The Morgan fingerprint density at radius 3 is 1.44 bits per heavy atom. The molecule has 0 fully saturated rings. The Balaban J connectivity index is 0.985. The molecular formula is C50H32N2. The third-order valence-corrected chi connectivity index (χ3v) is 11.1. The number of hydrogen-bond acceptors (Lipinski definition) is 2. The topological polar surface area (TPSA) is 25.8 Å². The van der Waals surface area contributed by atoms with Crippen LogP contribution in [0.2, 0.25) is 0 Å². The van der Waals surface area contributed by atoms with Gasteiger partial charge in [0.25, 0.3) is 0 Å². The van der Waals surface area contributed by atoms with Crippen molar-refractivity contribution >= 4 is 54.4 Å². The Hall–Kier alpha value is -6.64. The van der Waals surface area contributed by atoms with Crippen molar-refractivity contribution in [1.29, 1.82) is 0 Å². The van der Waals surface area contributed by atoms with Gasteiger partial charge in [0.2, 0.25) is 0 Å². The molecule has 2 heteroatoms. The van der Waals surface area contributed by atoms with Crippen LogP contribution in [0.4, 0.5) is 0 Å². The second kappa shape index (κ2) is 11.4. The summed E-state index contributed by atoms with van der Waals surface area (Å²) < 4.78 is 0. The number of aromatic nitrogens is 2. The van der Waals surface area contributed by atoms with Crippen molar-refractivity contribution < 1.29 is 0 Å².